The van der Waals surface area contributed by atoms with Gasteiger partial charge in [-0.1, -0.05) is 111 Å². The Morgan fingerprint density at radius 2 is 0.809 bits per heavy atom. The zero-order valence-electron chi connectivity index (χ0n) is 26.9. The molecule has 0 saturated carbocycles. The average Bonchev–Trinajstić information content (AvgIpc) is 3.13. The number of rotatable bonds is 12. The quantitative estimate of drug-likeness (QED) is 0.134. The molecule has 0 aliphatic heterocycles. The van der Waals surface area contributed by atoms with Crippen molar-refractivity contribution in [2.24, 2.45) is 0 Å². The van der Waals surface area contributed by atoms with E-state index in [9.17, 15) is 10.2 Å². The summed E-state index contributed by atoms with van der Waals surface area (Å²) in [6, 6.07) is 48.2. The average molecular weight is 621 g/mol. The van der Waals surface area contributed by atoms with E-state index in [1.165, 1.54) is 0 Å². The van der Waals surface area contributed by atoms with Crippen molar-refractivity contribution in [2.45, 2.75) is 32.1 Å². The molecule has 0 heterocycles. The summed E-state index contributed by atoms with van der Waals surface area (Å²) < 4.78 is 12.0. The Morgan fingerprint density at radius 3 is 1.17 bits per heavy atom. The number of ether oxygens (including phenoxy) is 2. The number of phenolic OH excluding ortho intramolecular Hbond substituents is 2. The Bertz CT molecular complexity index is 1750. The molecule has 0 atom stereocenters. The van der Waals surface area contributed by atoms with Crippen LogP contribution in [0.5, 0.6) is 23.0 Å². The van der Waals surface area contributed by atoms with Gasteiger partial charge in [-0.2, -0.15) is 0 Å². The first-order valence-electron chi connectivity index (χ1n) is 16.3. The Kier molecular flexibility index (Phi) is 9.59. The van der Waals surface area contributed by atoms with E-state index in [1.807, 2.05) is 97.1 Å². The number of phenols is 2. The molecular formula is C43H40O4. The minimum atomic E-state index is -0.860. The third-order valence-corrected chi connectivity index (χ3v) is 8.55. The van der Waals surface area contributed by atoms with Crippen molar-refractivity contribution in [3.8, 4) is 45.3 Å². The molecule has 0 radical (unpaired) electrons. The van der Waals surface area contributed by atoms with Crippen LogP contribution in [0.4, 0.5) is 0 Å². The molecule has 47 heavy (non-hydrogen) atoms. The van der Waals surface area contributed by atoms with Crippen LogP contribution in [0.2, 0.25) is 0 Å². The molecule has 236 valence electrons. The van der Waals surface area contributed by atoms with Gasteiger partial charge in [-0.05, 0) is 94.8 Å². The standard InChI is InChI=1S/C43H40O4/c1-3-27-46-37-21-15-33(16-22-37)43(34-17-23-38(24-18-34)47-28-4-2,35-19-25-41(44)39(29-35)31-11-7-5-8-12-31)36-20-26-42(45)40(30-36)32-13-9-6-10-14-32/h5-26,29-30,44-45H,3-4,27-28H2,1-2H3. The van der Waals surface area contributed by atoms with Gasteiger partial charge in [0, 0.05) is 11.1 Å². The van der Waals surface area contributed by atoms with Gasteiger partial charge in [0.25, 0.3) is 0 Å². The molecule has 0 unspecified atom stereocenters. The fourth-order valence-electron chi connectivity index (χ4n) is 6.28. The minimum Gasteiger partial charge on any atom is -0.507 e. The van der Waals surface area contributed by atoms with Gasteiger partial charge in [0.2, 0.25) is 0 Å². The summed E-state index contributed by atoms with van der Waals surface area (Å²) in [7, 11) is 0. The van der Waals surface area contributed by atoms with Gasteiger partial charge in [0.1, 0.15) is 23.0 Å². The third-order valence-electron chi connectivity index (χ3n) is 8.55. The van der Waals surface area contributed by atoms with Crippen LogP contribution in [0.15, 0.2) is 146 Å². The lowest BCUT2D eigenvalue weighted by atomic mass is 9.64. The van der Waals surface area contributed by atoms with Crippen LogP contribution in [0.3, 0.4) is 0 Å². The van der Waals surface area contributed by atoms with Crippen molar-refractivity contribution in [2.75, 3.05) is 13.2 Å². The molecule has 0 fully saturated rings. The second-order valence-corrected chi connectivity index (χ2v) is 11.7. The van der Waals surface area contributed by atoms with E-state index >= 15 is 0 Å². The maximum atomic E-state index is 11.2. The van der Waals surface area contributed by atoms with Gasteiger partial charge >= 0.3 is 0 Å². The lowest BCUT2D eigenvalue weighted by Gasteiger charge is -2.37. The first-order chi connectivity index (χ1) is 23.0. The highest BCUT2D eigenvalue weighted by molar-refractivity contribution is 5.76. The predicted octanol–water partition coefficient (Wildman–Crippen LogP) is 10.4. The molecular weight excluding hydrogens is 580 g/mol. The van der Waals surface area contributed by atoms with Crippen LogP contribution in [-0.2, 0) is 5.41 Å². The summed E-state index contributed by atoms with van der Waals surface area (Å²) in [6.07, 6.45) is 1.84. The van der Waals surface area contributed by atoms with Crippen molar-refractivity contribution in [3.63, 3.8) is 0 Å². The second-order valence-electron chi connectivity index (χ2n) is 11.7. The molecule has 0 spiro atoms. The van der Waals surface area contributed by atoms with Crippen molar-refractivity contribution >= 4 is 0 Å². The summed E-state index contributed by atoms with van der Waals surface area (Å²) in [5.74, 6) is 2.02. The Morgan fingerprint density at radius 1 is 0.447 bits per heavy atom. The maximum absolute atomic E-state index is 11.2. The van der Waals surface area contributed by atoms with Gasteiger partial charge in [-0.15, -0.1) is 0 Å². The number of hydrogen-bond acceptors (Lipinski definition) is 4. The molecule has 0 aliphatic rings. The first kappa shape index (κ1) is 31.5. The lowest BCUT2D eigenvalue weighted by molar-refractivity contribution is 0.317. The second kappa shape index (κ2) is 14.3. The van der Waals surface area contributed by atoms with Gasteiger partial charge in [-0.25, -0.2) is 0 Å². The van der Waals surface area contributed by atoms with Crippen molar-refractivity contribution in [1.82, 2.24) is 0 Å². The minimum absolute atomic E-state index is 0.205. The van der Waals surface area contributed by atoms with E-state index in [0.717, 1.165) is 68.8 Å². The normalized spacial score (nSPS) is 11.3. The molecule has 0 saturated heterocycles. The zero-order chi connectivity index (χ0) is 32.6. The summed E-state index contributed by atoms with van der Waals surface area (Å²) in [6.45, 7) is 5.47. The van der Waals surface area contributed by atoms with E-state index in [1.54, 1.807) is 12.1 Å². The first-order valence-corrected chi connectivity index (χ1v) is 16.3. The highest BCUT2D eigenvalue weighted by atomic mass is 16.5. The molecule has 0 aromatic heterocycles. The van der Waals surface area contributed by atoms with Crippen LogP contribution in [0.1, 0.15) is 48.9 Å². The van der Waals surface area contributed by atoms with Crippen LogP contribution >= 0.6 is 0 Å². The summed E-state index contributed by atoms with van der Waals surface area (Å²) in [5, 5.41) is 22.3. The van der Waals surface area contributed by atoms with Crippen LogP contribution < -0.4 is 9.47 Å². The number of hydrogen-bond donors (Lipinski definition) is 2. The molecule has 2 N–H and O–H groups in total. The van der Waals surface area contributed by atoms with Gasteiger partial charge in [0.05, 0.1) is 18.6 Å². The molecule has 6 rings (SSSR count). The van der Waals surface area contributed by atoms with Crippen LogP contribution in [0.25, 0.3) is 22.3 Å². The maximum Gasteiger partial charge on any atom is 0.123 e. The molecule has 0 amide bonds. The molecule has 4 heteroatoms. The number of benzene rings is 6. The van der Waals surface area contributed by atoms with E-state index in [-0.39, 0.29) is 11.5 Å². The van der Waals surface area contributed by atoms with Crippen molar-refractivity contribution in [3.05, 3.63) is 168 Å². The number of aromatic hydroxyl groups is 2. The topological polar surface area (TPSA) is 58.9 Å². The fraction of sp³-hybridized carbons (Fsp3) is 0.163. The fourth-order valence-corrected chi connectivity index (χ4v) is 6.28. The summed E-state index contributed by atoms with van der Waals surface area (Å²) >= 11 is 0. The van der Waals surface area contributed by atoms with Crippen LogP contribution in [0, 0.1) is 0 Å². The van der Waals surface area contributed by atoms with E-state index < -0.39 is 5.41 Å². The van der Waals surface area contributed by atoms with Gasteiger partial charge in [-0.3, -0.25) is 0 Å². The Hall–Kier alpha value is -5.48. The SMILES string of the molecule is CCCOc1ccc(C(c2ccc(OCCC)cc2)(c2ccc(O)c(-c3ccccc3)c2)c2ccc(O)c(-c3ccccc3)c2)cc1. The molecule has 6 aromatic rings. The highest BCUT2D eigenvalue weighted by Gasteiger charge is 2.39. The van der Waals surface area contributed by atoms with E-state index in [2.05, 4.69) is 50.2 Å². The van der Waals surface area contributed by atoms with Gasteiger partial charge in [0.15, 0.2) is 0 Å². The lowest BCUT2D eigenvalue weighted by Crippen LogP contribution is -2.31. The van der Waals surface area contributed by atoms with Crippen molar-refractivity contribution < 1.29 is 19.7 Å². The zero-order valence-corrected chi connectivity index (χ0v) is 26.9. The highest BCUT2D eigenvalue weighted by Crippen LogP contribution is 2.49. The monoisotopic (exact) mass is 620 g/mol. The Labute approximate surface area is 277 Å². The molecule has 0 aliphatic carbocycles. The summed E-state index contributed by atoms with van der Waals surface area (Å²) in [4.78, 5) is 0. The van der Waals surface area contributed by atoms with Gasteiger partial charge < -0.3 is 19.7 Å². The Balaban J connectivity index is 1.67. The molecule has 4 nitrogen and oxygen atoms in total. The largest absolute Gasteiger partial charge is 0.507 e. The molecule has 0 bridgehead atoms. The van der Waals surface area contributed by atoms with Crippen LogP contribution in [-0.4, -0.2) is 23.4 Å². The van der Waals surface area contributed by atoms with E-state index in [0.29, 0.717) is 13.2 Å². The smallest absolute Gasteiger partial charge is 0.123 e. The molecule has 6 aromatic carbocycles. The summed E-state index contributed by atoms with van der Waals surface area (Å²) in [5.41, 5.74) is 6.40. The third kappa shape index (κ3) is 6.45. The predicted molar refractivity (Wildman–Crippen MR) is 191 cm³/mol. The van der Waals surface area contributed by atoms with Crippen molar-refractivity contribution in [1.29, 1.82) is 0 Å². The van der Waals surface area contributed by atoms with E-state index in [4.69, 9.17) is 9.47 Å².